The lowest BCUT2D eigenvalue weighted by Gasteiger charge is -1.97. The summed E-state index contributed by atoms with van der Waals surface area (Å²) in [5.41, 5.74) is 2.32. The zero-order chi connectivity index (χ0) is 12.8. The molecule has 0 radical (unpaired) electrons. The van der Waals surface area contributed by atoms with Crippen molar-refractivity contribution in [3.05, 3.63) is 60.7 Å². The van der Waals surface area contributed by atoms with Gasteiger partial charge in [0, 0.05) is 0 Å². The molecule has 0 atom stereocenters. The summed E-state index contributed by atoms with van der Waals surface area (Å²) in [6, 6.07) is 8.10. The Hall–Kier alpha value is -1.56. The van der Waals surface area contributed by atoms with Crippen LogP contribution >= 0.6 is 0 Å². The largest absolute Gasteiger partial charge is 0.0991 e. The van der Waals surface area contributed by atoms with E-state index in [0.29, 0.717) is 0 Å². The molecular formula is C17H28. The molecule has 0 bridgehead atoms. The summed E-state index contributed by atoms with van der Waals surface area (Å²) >= 11 is 0. The van der Waals surface area contributed by atoms with Crippen LogP contribution in [-0.2, 0) is 0 Å². The first-order chi connectivity index (χ1) is 7.88. The van der Waals surface area contributed by atoms with Crippen LogP contribution < -0.4 is 0 Å². The maximum Gasteiger partial charge on any atom is -0.0184 e. The van der Waals surface area contributed by atoms with Crippen LogP contribution in [-0.4, -0.2) is 0 Å². The molecule has 0 saturated carbocycles. The van der Waals surface area contributed by atoms with E-state index in [1.807, 2.05) is 64.1 Å². The minimum absolute atomic E-state index is 0. The third-order valence-electron chi connectivity index (χ3n) is 1.63. The van der Waals surface area contributed by atoms with Gasteiger partial charge in [0.15, 0.2) is 0 Å². The third kappa shape index (κ3) is 9.37. The molecule has 0 spiro atoms. The lowest BCUT2D eigenvalue weighted by molar-refractivity contribution is 1.50. The van der Waals surface area contributed by atoms with Crippen LogP contribution in [0, 0.1) is 0 Å². The van der Waals surface area contributed by atoms with Crippen molar-refractivity contribution in [2.75, 3.05) is 0 Å². The minimum atomic E-state index is 0. The van der Waals surface area contributed by atoms with Crippen molar-refractivity contribution < 1.29 is 0 Å². The summed E-state index contributed by atoms with van der Waals surface area (Å²) in [6.45, 7) is 15.4. The molecule has 0 heterocycles. The maximum atomic E-state index is 3.74. The standard InChI is InChI=1S/C12H12.2C2H6.CH4/c1-3-5-8-12-10-7-6-9-11(12)4-2;2*1-2;/h3-10H,1-2H2;2*1-2H3;1H4/b8-5-;;;. The Labute approximate surface area is 108 Å². The van der Waals surface area contributed by atoms with Crippen LogP contribution in [0.15, 0.2) is 49.6 Å². The SMILES string of the molecule is C.C=C/C=C\c1ccccc1C=C.CC.CC. The summed E-state index contributed by atoms with van der Waals surface area (Å²) in [6.07, 6.45) is 7.55. The highest BCUT2D eigenvalue weighted by molar-refractivity contribution is 5.64. The molecule has 17 heavy (non-hydrogen) atoms. The first-order valence-electron chi connectivity index (χ1n) is 5.89. The van der Waals surface area contributed by atoms with Gasteiger partial charge in [-0.2, -0.15) is 0 Å². The van der Waals surface area contributed by atoms with Gasteiger partial charge in [0.25, 0.3) is 0 Å². The highest BCUT2D eigenvalue weighted by atomic mass is 14.0. The Kier molecular flexibility index (Phi) is 20.6. The zero-order valence-electron chi connectivity index (χ0n) is 11.0. The van der Waals surface area contributed by atoms with Gasteiger partial charge in [0.1, 0.15) is 0 Å². The molecule has 0 amide bonds. The Morgan fingerprint density at radius 3 is 1.76 bits per heavy atom. The lowest BCUT2D eigenvalue weighted by atomic mass is 10.1. The van der Waals surface area contributed by atoms with Crippen molar-refractivity contribution in [2.24, 2.45) is 0 Å². The van der Waals surface area contributed by atoms with Crippen LogP contribution in [0.25, 0.3) is 12.2 Å². The number of hydrogen-bond donors (Lipinski definition) is 0. The van der Waals surface area contributed by atoms with Crippen LogP contribution in [0.2, 0.25) is 0 Å². The van der Waals surface area contributed by atoms with Crippen molar-refractivity contribution in [2.45, 2.75) is 35.1 Å². The molecule has 0 saturated heterocycles. The summed E-state index contributed by atoms with van der Waals surface area (Å²) in [5.74, 6) is 0. The quantitative estimate of drug-likeness (QED) is 0.543. The molecule has 96 valence electrons. The van der Waals surface area contributed by atoms with Gasteiger partial charge in [-0.05, 0) is 11.1 Å². The van der Waals surface area contributed by atoms with Crippen LogP contribution in [0.5, 0.6) is 0 Å². The highest BCUT2D eigenvalue weighted by Crippen LogP contribution is 2.11. The van der Waals surface area contributed by atoms with E-state index in [9.17, 15) is 0 Å². The fourth-order valence-electron chi connectivity index (χ4n) is 1.02. The Morgan fingerprint density at radius 2 is 1.35 bits per heavy atom. The van der Waals surface area contributed by atoms with Gasteiger partial charge in [-0.25, -0.2) is 0 Å². The van der Waals surface area contributed by atoms with E-state index in [4.69, 9.17) is 0 Å². The van der Waals surface area contributed by atoms with Gasteiger partial charge >= 0.3 is 0 Å². The van der Waals surface area contributed by atoms with Crippen molar-refractivity contribution in [3.8, 4) is 0 Å². The molecule has 0 N–H and O–H groups in total. The van der Waals surface area contributed by atoms with Crippen molar-refractivity contribution in [1.82, 2.24) is 0 Å². The fraction of sp³-hybridized carbons (Fsp3) is 0.294. The van der Waals surface area contributed by atoms with Crippen molar-refractivity contribution in [3.63, 3.8) is 0 Å². The molecule has 1 rings (SSSR count). The summed E-state index contributed by atoms with van der Waals surface area (Å²) in [4.78, 5) is 0. The Balaban J connectivity index is -0.000000355. The molecular weight excluding hydrogens is 204 g/mol. The molecule has 1 aromatic carbocycles. The molecule has 1 aromatic rings. The van der Waals surface area contributed by atoms with Crippen molar-refractivity contribution >= 4 is 12.2 Å². The van der Waals surface area contributed by atoms with E-state index in [1.54, 1.807) is 6.08 Å². The van der Waals surface area contributed by atoms with Crippen LogP contribution in [0.4, 0.5) is 0 Å². The number of hydrogen-bond acceptors (Lipinski definition) is 0. The normalized spacial score (nSPS) is 7.76. The maximum absolute atomic E-state index is 3.74. The van der Waals surface area contributed by atoms with E-state index in [-0.39, 0.29) is 7.43 Å². The Bertz CT molecular complexity index is 306. The molecule has 0 aliphatic rings. The molecule has 0 aliphatic carbocycles. The van der Waals surface area contributed by atoms with Gasteiger partial charge < -0.3 is 0 Å². The molecule has 0 nitrogen and oxygen atoms in total. The molecule has 0 heteroatoms. The second-order valence-electron chi connectivity index (χ2n) is 2.43. The highest BCUT2D eigenvalue weighted by Gasteiger charge is 1.90. The minimum Gasteiger partial charge on any atom is -0.0991 e. The lowest BCUT2D eigenvalue weighted by Crippen LogP contribution is -1.77. The molecule has 0 unspecified atom stereocenters. The van der Waals surface area contributed by atoms with Gasteiger partial charge in [0.2, 0.25) is 0 Å². The average molecular weight is 232 g/mol. The van der Waals surface area contributed by atoms with E-state index >= 15 is 0 Å². The third-order valence-corrected chi connectivity index (χ3v) is 1.63. The number of rotatable bonds is 3. The van der Waals surface area contributed by atoms with E-state index < -0.39 is 0 Å². The van der Waals surface area contributed by atoms with Crippen LogP contribution in [0.3, 0.4) is 0 Å². The molecule has 0 fully saturated rings. The monoisotopic (exact) mass is 232 g/mol. The smallest absolute Gasteiger partial charge is 0.0184 e. The zero-order valence-corrected chi connectivity index (χ0v) is 11.0. The molecule has 0 aliphatic heterocycles. The number of benzene rings is 1. The molecule has 0 aromatic heterocycles. The fourth-order valence-corrected chi connectivity index (χ4v) is 1.02. The topological polar surface area (TPSA) is 0 Å². The van der Waals surface area contributed by atoms with Gasteiger partial charge in [-0.3, -0.25) is 0 Å². The first kappa shape index (κ1) is 20.8. The summed E-state index contributed by atoms with van der Waals surface area (Å²) in [5, 5.41) is 0. The van der Waals surface area contributed by atoms with Crippen LogP contribution in [0.1, 0.15) is 46.2 Å². The first-order valence-corrected chi connectivity index (χ1v) is 5.89. The van der Waals surface area contributed by atoms with E-state index in [0.717, 1.165) is 5.56 Å². The summed E-state index contributed by atoms with van der Waals surface area (Å²) in [7, 11) is 0. The Morgan fingerprint density at radius 1 is 0.882 bits per heavy atom. The van der Waals surface area contributed by atoms with Crippen molar-refractivity contribution in [1.29, 1.82) is 0 Å². The summed E-state index contributed by atoms with van der Waals surface area (Å²) < 4.78 is 0. The number of allylic oxidation sites excluding steroid dienone is 2. The van der Waals surface area contributed by atoms with Gasteiger partial charge in [-0.1, -0.05) is 96.8 Å². The second-order valence-corrected chi connectivity index (χ2v) is 2.43. The second kappa shape index (κ2) is 16.9. The van der Waals surface area contributed by atoms with Gasteiger partial charge in [0.05, 0.1) is 0 Å². The average Bonchev–Trinajstić information content (AvgIpc) is 2.41. The van der Waals surface area contributed by atoms with E-state index in [2.05, 4.69) is 19.2 Å². The predicted octanol–water partition coefficient (Wildman–Crippen LogP) is 6.22. The van der Waals surface area contributed by atoms with Gasteiger partial charge in [-0.15, -0.1) is 0 Å². The van der Waals surface area contributed by atoms with E-state index in [1.165, 1.54) is 5.56 Å². The predicted molar refractivity (Wildman–Crippen MR) is 85.2 cm³/mol.